The third-order valence-corrected chi connectivity index (χ3v) is 4.67. The minimum Gasteiger partial charge on any atom is -0.383 e. The van der Waals surface area contributed by atoms with Crippen LogP contribution < -0.4 is 5.32 Å². The molecule has 6 heteroatoms. The number of nitro groups is 1. The molecule has 0 unspecified atom stereocenters. The van der Waals surface area contributed by atoms with Gasteiger partial charge >= 0.3 is 0 Å². The Hall–Kier alpha value is -2.73. The Bertz CT molecular complexity index is 806. The van der Waals surface area contributed by atoms with E-state index in [4.69, 9.17) is 0 Å². The van der Waals surface area contributed by atoms with E-state index in [1.807, 2.05) is 24.3 Å². The van der Waals surface area contributed by atoms with Crippen LogP contribution in [0.3, 0.4) is 0 Å². The van der Waals surface area contributed by atoms with E-state index in [2.05, 4.69) is 5.32 Å². The molecule has 0 saturated heterocycles. The molecule has 25 heavy (non-hydrogen) atoms. The summed E-state index contributed by atoms with van der Waals surface area (Å²) in [5.41, 5.74) is 1.16. The first-order valence-electron chi connectivity index (χ1n) is 8.29. The van der Waals surface area contributed by atoms with Crippen molar-refractivity contribution in [2.75, 3.05) is 6.54 Å². The number of benzene rings is 2. The van der Waals surface area contributed by atoms with E-state index in [0.717, 1.165) is 24.0 Å². The molecule has 0 heterocycles. The van der Waals surface area contributed by atoms with Crippen LogP contribution in [0.5, 0.6) is 0 Å². The van der Waals surface area contributed by atoms with Gasteiger partial charge in [0.1, 0.15) is 5.60 Å². The summed E-state index contributed by atoms with van der Waals surface area (Å²) in [6.45, 7) is 0.101. The highest BCUT2D eigenvalue weighted by Gasteiger charge is 2.34. The Morgan fingerprint density at radius 3 is 2.72 bits per heavy atom. The van der Waals surface area contributed by atoms with Gasteiger partial charge in [0.15, 0.2) is 0 Å². The lowest BCUT2D eigenvalue weighted by molar-refractivity contribution is -0.385. The summed E-state index contributed by atoms with van der Waals surface area (Å²) >= 11 is 0. The fraction of sp³-hybridized carbons (Fsp3) is 0.316. The molecule has 3 rings (SSSR count). The number of fused-ring (bicyclic) bond motifs is 1. The molecule has 0 fully saturated rings. The summed E-state index contributed by atoms with van der Waals surface area (Å²) in [5, 5.41) is 24.7. The van der Waals surface area contributed by atoms with Crippen LogP contribution in [-0.4, -0.2) is 22.5 Å². The van der Waals surface area contributed by atoms with Crippen molar-refractivity contribution in [2.24, 2.45) is 0 Å². The second-order valence-corrected chi connectivity index (χ2v) is 6.38. The number of aliphatic hydroxyl groups is 1. The van der Waals surface area contributed by atoms with Gasteiger partial charge in [-0.3, -0.25) is 14.9 Å². The summed E-state index contributed by atoms with van der Waals surface area (Å²) in [4.78, 5) is 22.8. The predicted octanol–water partition coefficient (Wildman–Crippen LogP) is 2.48. The van der Waals surface area contributed by atoms with Crippen LogP contribution in [0.2, 0.25) is 0 Å². The fourth-order valence-corrected chi connectivity index (χ4v) is 3.40. The van der Waals surface area contributed by atoms with Crippen molar-refractivity contribution in [2.45, 2.75) is 31.3 Å². The third-order valence-electron chi connectivity index (χ3n) is 4.67. The maximum atomic E-state index is 12.2. The van der Waals surface area contributed by atoms with E-state index in [-0.39, 0.29) is 24.6 Å². The molecule has 130 valence electrons. The maximum absolute atomic E-state index is 12.2. The first kappa shape index (κ1) is 17.1. The highest BCUT2D eigenvalue weighted by Crippen LogP contribution is 2.34. The van der Waals surface area contributed by atoms with Gasteiger partial charge in [-0.25, -0.2) is 0 Å². The molecule has 1 aliphatic rings. The van der Waals surface area contributed by atoms with Crippen LogP contribution in [0, 0.1) is 10.1 Å². The molecule has 1 amide bonds. The number of para-hydroxylation sites is 1. The molecule has 0 radical (unpaired) electrons. The van der Waals surface area contributed by atoms with Crippen LogP contribution in [0.15, 0.2) is 48.5 Å². The maximum Gasteiger partial charge on any atom is 0.273 e. The number of amides is 1. The molecule has 2 N–H and O–H groups in total. The SMILES string of the molecule is O=C(Cc1ccccc1[N+](=O)[O-])NC[C@@]1(O)CCCc2ccccc21. The Labute approximate surface area is 145 Å². The van der Waals surface area contributed by atoms with Crippen molar-refractivity contribution >= 4 is 11.6 Å². The summed E-state index contributed by atoms with van der Waals surface area (Å²) < 4.78 is 0. The number of nitrogens with zero attached hydrogens (tertiary/aromatic N) is 1. The lowest BCUT2D eigenvalue weighted by Gasteiger charge is -2.34. The Morgan fingerprint density at radius 2 is 1.92 bits per heavy atom. The van der Waals surface area contributed by atoms with Crippen molar-refractivity contribution in [3.8, 4) is 0 Å². The smallest absolute Gasteiger partial charge is 0.273 e. The number of hydrogen-bond acceptors (Lipinski definition) is 4. The second kappa shape index (κ2) is 7.03. The topological polar surface area (TPSA) is 92.5 Å². The zero-order valence-corrected chi connectivity index (χ0v) is 13.8. The van der Waals surface area contributed by atoms with Crippen molar-refractivity contribution in [1.29, 1.82) is 0 Å². The number of nitrogens with one attached hydrogen (secondary N) is 1. The number of nitro benzene ring substituents is 1. The van der Waals surface area contributed by atoms with Crippen molar-refractivity contribution in [3.05, 3.63) is 75.3 Å². The molecular weight excluding hydrogens is 320 g/mol. The minimum absolute atomic E-state index is 0.0700. The third kappa shape index (κ3) is 3.69. The number of rotatable bonds is 5. The Morgan fingerprint density at radius 1 is 1.20 bits per heavy atom. The predicted molar refractivity (Wildman–Crippen MR) is 93.1 cm³/mol. The molecule has 1 atom stereocenters. The molecule has 0 spiro atoms. The van der Waals surface area contributed by atoms with Crippen LogP contribution in [-0.2, 0) is 23.2 Å². The molecular formula is C19H20N2O4. The number of carbonyl (C=O) groups excluding carboxylic acids is 1. The summed E-state index contributed by atoms with van der Waals surface area (Å²) in [7, 11) is 0. The second-order valence-electron chi connectivity index (χ2n) is 6.38. The minimum atomic E-state index is -1.09. The average molecular weight is 340 g/mol. The van der Waals surface area contributed by atoms with Crippen LogP contribution in [0.25, 0.3) is 0 Å². The van der Waals surface area contributed by atoms with Crippen molar-refractivity contribution in [1.82, 2.24) is 5.32 Å². The lowest BCUT2D eigenvalue weighted by atomic mass is 9.79. The number of aryl methyl sites for hydroxylation is 1. The largest absolute Gasteiger partial charge is 0.383 e. The molecule has 0 aromatic heterocycles. The van der Waals surface area contributed by atoms with Crippen molar-refractivity contribution < 1.29 is 14.8 Å². The van der Waals surface area contributed by atoms with Gasteiger partial charge in [-0.05, 0) is 30.4 Å². The monoisotopic (exact) mass is 340 g/mol. The van der Waals surface area contributed by atoms with Crippen LogP contribution in [0.1, 0.15) is 29.5 Å². The zero-order chi connectivity index (χ0) is 17.9. The summed E-state index contributed by atoms with van der Waals surface area (Å²) in [6.07, 6.45) is 2.26. The van der Waals surface area contributed by atoms with E-state index < -0.39 is 10.5 Å². The quantitative estimate of drug-likeness (QED) is 0.646. The van der Waals surface area contributed by atoms with Gasteiger partial charge in [-0.15, -0.1) is 0 Å². The first-order chi connectivity index (χ1) is 12.0. The van der Waals surface area contributed by atoms with E-state index in [1.165, 1.54) is 6.07 Å². The lowest BCUT2D eigenvalue weighted by Crippen LogP contribution is -2.43. The van der Waals surface area contributed by atoms with Crippen LogP contribution in [0.4, 0.5) is 5.69 Å². The number of carbonyl (C=O) groups is 1. The summed E-state index contributed by atoms with van der Waals surface area (Å²) in [5.74, 6) is -0.342. The Balaban J connectivity index is 1.68. The highest BCUT2D eigenvalue weighted by atomic mass is 16.6. The van der Waals surface area contributed by atoms with Gasteiger partial charge in [0.05, 0.1) is 17.9 Å². The molecule has 0 aliphatic heterocycles. The molecule has 1 aliphatic carbocycles. The van der Waals surface area contributed by atoms with Gasteiger partial charge in [0.2, 0.25) is 5.91 Å². The first-order valence-corrected chi connectivity index (χ1v) is 8.29. The van der Waals surface area contributed by atoms with Gasteiger partial charge < -0.3 is 10.4 Å². The fourth-order valence-electron chi connectivity index (χ4n) is 3.40. The van der Waals surface area contributed by atoms with Gasteiger partial charge in [0.25, 0.3) is 5.69 Å². The summed E-state index contributed by atoms with van der Waals surface area (Å²) in [6, 6.07) is 13.9. The van der Waals surface area contributed by atoms with Gasteiger partial charge in [0, 0.05) is 11.6 Å². The van der Waals surface area contributed by atoms with E-state index in [1.54, 1.807) is 18.2 Å². The van der Waals surface area contributed by atoms with Gasteiger partial charge in [-0.2, -0.15) is 0 Å². The molecule has 0 bridgehead atoms. The Kier molecular flexibility index (Phi) is 4.81. The normalized spacial score (nSPS) is 19.1. The van der Waals surface area contributed by atoms with E-state index in [9.17, 15) is 20.0 Å². The van der Waals surface area contributed by atoms with Crippen LogP contribution >= 0.6 is 0 Å². The van der Waals surface area contributed by atoms with Gasteiger partial charge in [-0.1, -0.05) is 42.5 Å². The zero-order valence-electron chi connectivity index (χ0n) is 13.8. The molecule has 2 aromatic carbocycles. The highest BCUT2D eigenvalue weighted by molar-refractivity contribution is 5.79. The molecule has 0 saturated carbocycles. The molecule has 2 aromatic rings. The number of hydrogen-bond donors (Lipinski definition) is 2. The van der Waals surface area contributed by atoms with Crippen molar-refractivity contribution in [3.63, 3.8) is 0 Å². The van der Waals surface area contributed by atoms with E-state index in [0.29, 0.717) is 12.0 Å². The molecule has 6 nitrogen and oxygen atoms in total. The standard InChI is InChI=1S/C19H20N2O4/c22-18(12-15-7-2-4-10-17(15)21(24)25)20-13-19(23)11-5-8-14-6-1-3-9-16(14)19/h1-4,6-7,9-10,23H,5,8,11-13H2,(H,20,22)/t19-/m0/s1. The average Bonchev–Trinajstić information content (AvgIpc) is 2.61. The van der Waals surface area contributed by atoms with E-state index >= 15 is 0 Å².